The van der Waals surface area contributed by atoms with Gasteiger partial charge in [-0.3, -0.25) is 0 Å². The lowest BCUT2D eigenvalue weighted by molar-refractivity contribution is 0.217. The summed E-state index contributed by atoms with van der Waals surface area (Å²) >= 11 is 0. The zero-order valence-electron chi connectivity index (χ0n) is 17.0. The molecular weight excluding hydrogens is 322 g/mol. The van der Waals surface area contributed by atoms with Gasteiger partial charge >= 0.3 is 0 Å². The number of aliphatic hydroxyl groups is 1. The Morgan fingerprint density at radius 3 is 2.58 bits per heavy atom. The van der Waals surface area contributed by atoms with Gasteiger partial charge < -0.3 is 15.2 Å². The monoisotopic (exact) mass is 355 g/mol. The first-order chi connectivity index (χ1) is 12.3. The second-order valence-corrected chi connectivity index (χ2v) is 8.15. The highest BCUT2D eigenvalue weighted by atomic mass is 16.5. The maximum atomic E-state index is 10.4. The van der Waals surface area contributed by atoms with E-state index in [9.17, 15) is 5.11 Å². The lowest BCUT2D eigenvalue weighted by Crippen LogP contribution is -2.34. The van der Waals surface area contributed by atoms with Crippen molar-refractivity contribution in [1.82, 2.24) is 5.32 Å². The van der Waals surface area contributed by atoms with E-state index in [0.29, 0.717) is 18.4 Å². The van der Waals surface area contributed by atoms with Crippen LogP contribution in [0, 0.1) is 12.8 Å². The summed E-state index contributed by atoms with van der Waals surface area (Å²) in [6, 6.07) is 5.08. The molecule has 0 fully saturated rings. The predicted molar refractivity (Wildman–Crippen MR) is 107 cm³/mol. The van der Waals surface area contributed by atoms with Crippen molar-refractivity contribution in [3.05, 3.63) is 57.4 Å². The zero-order valence-corrected chi connectivity index (χ0v) is 17.0. The average molecular weight is 356 g/mol. The molecule has 142 valence electrons. The number of rotatable bonds is 3. The highest BCUT2D eigenvalue weighted by molar-refractivity contribution is 5.48. The van der Waals surface area contributed by atoms with Gasteiger partial charge in [-0.1, -0.05) is 24.6 Å². The summed E-state index contributed by atoms with van der Waals surface area (Å²) in [5.41, 5.74) is 8.16. The minimum absolute atomic E-state index is 0.284. The van der Waals surface area contributed by atoms with Gasteiger partial charge in [-0.15, -0.1) is 0 Å². The Morgan fingerprint density at radius 2 is 1.92 bits per heavy atom. The lowest BCUT2D eigenvalue weighted by Gasteiger charge is -2.32. The van der Waals surface area contributed by atoms with Crippen LogP contribution in [0.1, 0.15) is 62.3 Å². The average Bonchev–Trinajstić information content (AvgIpc) is 2.72. The molecular formula is C23H33NO2. The number of methoxy groups -OCH3 is 1. The Morgan fingerprint density at radius 1 is 1.19 bits per heavy atom. The first kappa shape index (κ1) is 19.2. The van der Waals surface area contributed by atoms with Crippen LogP contribution < -0.4 is 5.32 Å². The first-order valence-corrected chi connectivity index (χ1v) is 9.80. The molecule has 2 aliphatic rings. The van der Waals surface area contributed by atoms with E-state index in [-0.39, 0.29) is 5.92 Å². The maximum Gasteiger partial charge on any atom is 0.0960 e. The molecule has 4 atom stereocenters. The minimum atomic E-state index is -0.455. The Labute approximate surface area is 158 Å². The molecule has 0 amide bonds. The van der Waals surface area contributed by atoms with Crippen LogP contribution in [0.5, 0.6) is 0 Å². The third-order valence-corrected chi connectivity index (χ3v) is 6.25. The van der Waals surface area contributed by atoms with Crippen LogP contribution in [0.4, 0.5) is 0 Å². The van der Waals surface area contributed by atoms with Crippen molar-refractivity contribution in [2.75, 3.05) is 7.11 Å². The number of allylic oxidation sites excluding steroid dienone is 3. The molecule has 3 unspecified atom stereocenters. The molecule has 3 nitrogen and oxygen atoms in total. The Balaban J connectivity index is 2.18. The molecule has 1 aliphatic heterocycles. The molecule has 0 spiro atoms. The maximum absolute atomic E-state index is 10.4. The second-order valence-electron chi connectivity index (χ2n) is 8.15. The van der Waals surface area contributed by atoms with Crippen molar-refractivity contribution < 1.29 is 9.84 Å². The summed E-state index contributed by atoms with van der Waals surface area (Å²) in [6.45, 7) is 11.8. The fraction of sp³-hybridized carbons (Fsp3) is 0.565. The molecule has 26 heavy (non-hydrogen) atoms. The van der Waals surface area contributed by atoms with Gasteiger partial charge in [0.25, 0.3) is 0 Å². The Hall–Kier alpha value is -1.58. The molecule has 0 saturated carbocycles. The fourth-order valence-electron chi connectivity index (χ4n) is 4.76. The molecule has 0 radical (unpaired) electrons. The summed E-state index contributed by atoms with van der Waals surface area (Å²) < 4.78 is 5.61. The van der Waals surface area contributed by atoms with Crippen molar-refractivity contribution in [1.29, 1.82) is 0 Å². The molecule has 1 aliphatic carbocycles. The van der Waals surface area contributed by atoms with Crippen LogP contribution in [0.25, 0.3) is 0 Å². The third-order valence-electron chi connectivity index (χ3n) is 6.25. The van der Waals surface area contributed by atoms with Gasteiger partial charge in [0.1, 0.15) is 0 Å². The Kier molecular flexibility index (Phi) is 5.59. The quantitative estimate of drug-likeness (QED) is 0.791. The number of aryl methyl sites for hydroxylation is 1. The van der Waals surface area contributed by atoms with Crippen molar-refractivity contribution in [3.63, 3.8) is 0 Å². The molecule has 1 heterocycles. The van der Waals surface area contributed by atoms with E-state index in [1.165, 1.54) is 27.8 Å². The van der Waals surface area contributed by atoms with Crippen LogP contribution in [-0.2, 0) is 17.7 Å². The van der Waals surface area contributed by atoms with E-state index >= 15 is 0 Å². The van der Waals surface area contributed by atoms with E-state index < -0.39 is 6.10 Å². The standard InChI is InChI=1S/C23H33NO2/c1-13-7-8-19(21-10-15(3)24-12-22(13)21)23-14(2)9-18(26-6)11-20(16(23)4)17(5)25/h7-9,14-15,17,23-25H,10-12H2,1-6H3/t14-,15?,17?,23?/m1/s1. The van der Waals surface area contributed by atoms with E-state index in [2.05, 4.69) is 51.2 Å². The zero-order chi connectivity index (χ0) is 19.0. The van der Waals surface area contributed by atoms with E-state index in [0.717, 1.165) is 24.3 Å². The van der Waals surface area contributed by atoms with Crippen LogP contribution in [0.3, 0.4) is 0 Å². The number of fused-ring (bicyclic) bond motifs is 1. The number of ether oxygens (including phenoxy) is 1. The molecule has 2 N–H and O–H groups in total. The van der Waals surface area contributed by atoms with E-state index in [1.807, 2.05) is 6.92 Å². The Bertz CT molecular complexity index is 745. The summed E-state index contributed by atoms with van der Waals surface area (Å²) in [5.74, 6) is 1.58. The van der Waals surface area contributed by atoms with Gasteiger partial charge in [-0.25, -0.2) is 0 Å². The first-order valence-electron chi connectivity index (χ1n) is 9.80. The minimum Gasteiger partial charge on any atom is -0.501 e. The molecule has 0 bridgehead atoms. The van der Waals surface area contributed by atoms with Gasteiger partial charge in [0.2, 0.25) is 0 Å². The second kappa shape index (κ2) is 7.58. The molecule has 1 aromatic rings. The van der Waals surface area contributed by atoms with Gasteiger partial charge in [0.15, 0.2) is 0 Å². The van der Waals surface area contributed by atoms with Crippen LogP contribution >= 0.6 is 0 Å². The normalized spacial score (nSPS) is 27.5. The molecule has 1 aromatic carbocycles. The molecule has 3 heteroatoms. The summed E-state index contributed by atoms with van der Waals surface area (Å²) in [7, 11) is 1.73. The van der Waals surface area contributed by atoms with Gasteiger partial charge in [0, 0.05) is 24.9 Å². The van der Waals surface area contributed by atoms with Crippen molar-refractivity contribution in [2.24, 2.45) is 5.92 Å². The van der Waals surface area contributed by atoms with Gasteiger partial charge in [0.05, 0.1) is 19.0 Å². The van der Waals surface area contributed by atoms with Gasteiger partial charge in [-0.2, -0.15) is 0 Å². The lowest BCUT2D eigenvalue weighted by atomic mass is 9.75. The SMILES string of the molecule is COC1=C[C@@H](C)C(c2ccc(C)c3c2CC(C)NC3)C(C)=C(C(C)O)C1. The summed E-state index contributed by atoms with van der Waals surface area (Å²) in [6.07, 6.45) is 3.56. The highest BCUT2D eigenvalue weighted by Crippen LogP contribution is 2.43. The number of nitrogens with one attached hydrogen (secondary N) is 1. The van der Waals surface area contributed by atoms with Crippen LogP contribution in [0.15, 0.2) is 35.1 Å². The molecule has 0 saturated heterocycles. The third kappa shape index (κ3) is 3.47. The van der Waals surface area contributed by atoms with Crippen LogP contribution in [-0.4, -0.2) is 24.4 Å². The summed E-state index contributed by atoms with van der Waals surface area (Å²) in [4.78, 5) is 0. The van der Waals surface area contributed by atoms with E-state index in [1.54, 1.807) is 7.11 Å². The topological polar surface area (TPSA) is 41.5 Å². The van der Waals surface area contributed by atoms with Crippen molar-refractivity contribution in [3.8, 4) is 0 Å². The predicted octanol–water partition coefficient (Wildman–Crippen LogP) is 4.38. The van der Waals surface area contributed by atoms with Crippen molar-refractivity contribution >= 4 is 0 Å². The number of aliphatic hydroxyl groups excluding tert-OH is 1. The number of hydrogen-bond acceptors (Lipinski definition) is 3. The smallest absolute Gasteiger partial charge is 0.0960 e. The van der Waals surface area contributed by atoms with E-state index in [4.69, 9.17) is 4.74 Å². The number of hydrogen-bond donors (Lipinski definition) is 2. The highest BCUT2D eigenvalue weighted by Gasteiger charge is 2.31. The molecule has 0 aromatic heterocycles. The van der Waals surface area contributed by atoms with Crippen LogP contribution in [0.2, 0.25) is 0 Å². The molecule has 3 rings (SSSR count). The summed E-state index contributed by atoms with van der Waals surface area (Å²) in [5, 5.41) is 14.0. The number of benzene rings is 1. The van der Waals surface area contributed by atoms with Crippen molar-refractivity contribution in [2.45, 2.75) is 72.1 Å². The van der Waals surface area contributed by atoms with Gasteiger partial charge in [-0.05, 0) is 73.9 Å². The largest absolute Gasteiger partial charge is 0.501 e. The fourth-order valence-corrected chi connectivity index (χ4v) is 4.76.